The minimum absolute atomic E-state index is 0.0950. The fraction of sp³-hybridized carbons (Fsp3) is 0.364. The van der Waals surface area contributed by atoms with Gasteiger partial charge in [-0.15, -0.1) is 0 Å². The molecule has 2 nitrogen and oxygen atoms in total. The minimum Gasteiger partial charge on any atom is -0.481 e. The Hall–Kier alpha value is -0.350. The molecule has 0 aliphatic carbocycles. The van der Waals surface area contributed by atoms with Gasteiger partial charge in [0, 0.05) is 6.42 Å². The zero-order valence-corrected chi connectivity index (χ0v) is 11.8. The second-order valence-electron chi connectivity index (χ2n) is 3.13. The highest BCUT2D eigenvalue weighted by atomic mass is 79.9. The predicted molar refractivity (Wildman–Crippen MR) is 67.2 cm³/mol. The fourth-order valence-corrected chi connectivity index (χ4v) is 2.31. The van der Waals surface area contributed by atoms with E-state index in [0.29, 0.717) is 12.2 Å². The summed E-state index contributed by atoms with van der Waals surface area (Å²) in [5.74, 6) is 0.768. The summed E-state index contributed by atoms with van der Waals surface area (Å²) < 4.78 is 7.27. The number of carbonyl (C=O) groups excluding carboxylic acids is 1. The minimum atomic E-state index is -0.412. The number of rotatable bonds is 4. The quantitative estimate of drug-likeness (QED) is 0.832. The van der Waals surface area contributed by atoms with Crippen molar-refractivity contribution in [1.29, 1.82) is 0 Å². The third-order valence-corrected chi connectivity index (χ3v) is 3.26. The van der Waals surface area contributed by atoms with Crippen LogP contribution in [0.5, 0.6) is 5.75 Å². The number of halogens is 2. The van der Waals surface area contributed by atoms with E-state index in [2.05, 4.69) is 31.9 Å². The van der Waals surface area contributed by atoms with Crippen LogP contribution in [-0.4, -0.2) is 11.9 Å². The largest absolute Gasteiger partial charge is 0.481 e. The molecule has 0 saturated carbocycles. The molecule has 1 atom stereocenters. The maximum absolute atomic E-state index is 11.4. The lowest BCUT2D eigenvalue weighted by Gasteiger charge is -2.15. The number of benzene rings is 1. The zero-order chi connectivity index (χ0) is 11.4. The first-order chi connectivity index (χ1) is 7.06. The third-order valence-electron chi connectivity index (χ3n) is 2.02. The first-order valence-corrected chi connectivity index (χ1v) is 6.28. The van der Waals surface area contributed by atoms with Gasteiger partial charge in [-0.25, -0.2) is 0 Å². The molecule has 0 aliphatic rings. The number of Topliss-reactive ketones (excluding diaryl/α,β-unsaturated/α-hetero) is 1. The number of hydrogen-bond acceptors (Lipinski definition) is 2. The zero-order valence-electron chi connectivity index (χ0n) is 8.59. The standard InChI is InChI=1S/C11H12Br2O2/c1-3-10(14)7(2)15-11-8(12)5-4-6-9(11)13/h4-7H,3H2,1-2H3. The van der Waals surface area contributed by atoms with Crippen LogP contribution in [0.2, 0.25) is 0 Å². The topological polar surface area (TPSA) is 26.3 Å². The van der Waals surface area contributed by atoms with Gasteiger partial charge in [0.15, 0.2) is 11.9 Å². The summed E-state index contributed by atoms with van der Waals surface area (Å²) in [6.45, 7) is 3.59. The Morgan fingerprint density at radius 3 is 2.40 bits per heavy atom. The summed E-state index contributed by atoms with van der Waals surface area (Å²) in [6, 6.07) is 5.65. The molecule has 4 heteroatoms. The van der Waals surface area contributed by atoms with Crippen LogP contribution in [-0.2, 0) is 4.79 Å². The van der Waals surface area contributed by atoms with Crippen molar-refractivity contribution in [3.05, 3.63) is 27.1 Å². The van der Waals surface area contributed by atoms with Crippen molar-refractivity contribution in [2.45, 2.75) is 26.4 Å². The average Bonchev–Trinajstić information content (AvgIpc) is 2.22. The Morgan fingerprint density at radius 2 is 1.93 bits per heavy atom. The second-order valence-corrected chi connectivity index (χ2v) is 4.84. The van der Waals surface area contributed by atoms with Crippen LogP contribution in [0.15, 0.2) is 27.1 Å². The molecule has 0 bridgehead atoms. The van der Waals surface area contributed by atoms with Gasteiger partial charge < -0.3 is 4.74 Å². The first-order valence-electron chi connectivity index (χ1n) is 4.69. The molecule has 0 radical (unpaired) electrons. The molecule has 0 amide bonds. The molecule has 0 aromatic heterocycles. The lowest BCUT2D eigenvalue weighted by Crippen LogP contribution is -2.23. The molecule has 0 spiro atoms. The normalized spacial score (nSPS) is 12.3. The van der Waals surface area contributed by atoms with Crippen molar-refractivity contribution in [2.24, 2.45) is 0 Å². The molecule has 82 valence electrons. The van der Waals surface area contributed by atoms with E-state index in [0.717, 1.165) is 8.95 Å². The molecule has 1 aromatic rings. The van der Waals surface area contributed by atoms with Crippen molar-refractivity contribution in [1.82, 2.24) is 0 Å². The number of ether oxygens (including phenoxy) is 1. The van der Waals surface area contributed by atoms with Crippen LogP contribution < -0.4 is 4.74 Å². The van der Waals surface area contributed by atoms with Crippen LogP contribution in [0.25, 0.3) is 0 Å². The van der Waals surface area contributed by atoms with Crippen molar-refractivity contribution < 1.29 is 9.53 Å². The van der Waals surface area contributed by atoms with E-state index in [1.165, 1.54) is 0 Å². The van der Waals surface area contributed by atoms with E-state index in [1.54, 1.807) is 6.92 Å². The molecule has 0 aliphatic heterocycles. The van der Waals surface area contributed by atoms with E-state index in [1.807, 2.05) is 25.1 Å². The lowest BCUT2D eigenvalue weighted by molar-refractivity contribution is -0.124. The summed E-state index contributed by atoms with van der Waals surface area (Å²) in [5.41, 5.74) is 0. The summed E-state index contributed by atoms with van der Waals surface area (Å²) in [6.07, 6.45) is 0.0773. The van der Waals surface area contributed by atoms with Crippen molar-refractivity contribution >= 4 is 37.6 Å². The summed E-state index contributed by atoms with van der Waals surface area (Å²) in [7, 11) is 0. The number of para-hydroxylation sites is 1. The van der Waals surface area contributed by atoms with E-state index < -0.39 is 6.10 Å². The van der Waals surface area contributed by atoms with Gasteiger partial charge in [-0.2, -0.15) is 0 Å². The highest BCUT2D eigenvalue weighted by Crippen LogP contribution is 2.33. The predicted octanol–water partition coefficient (Wildman–Crippen LogP) is 3.96. The van der Waals surface area contributed by atoms with E-state index >= 15 is 0 Å². The molecule has 1 aromatic carbocycles. The highest BCUT2D eigenvalue weighted by molar-refractivity contribution is 9.11. The number of hydrogen-bond donors (Lipinski definition) is 0. The molecule has 0 heterocycles. The van der Waals surface area contributed by atoms with Crippen LogP contribution in [0.3, 0.4) is 0 Å². The van der Waals surface area contributed by atoms with Gasteiger partial charge in [-0.05, 0) is 50.9 Å². The molecule has 1 rings (SSSR count). The lowest BCUT2D eigenvalue weighted by atomic mass is 10.2. The Bertz CT molecular complexity index is 343. The van der Waals surface area contributed by atoms with Gasteiger partial charge in [0.25, 0.3) is 0 Å². The molecule has 1 unspecified atom stereocenters. The molecular weight excluding hydrogens is 324 g/mol. The van der Waals surface area contributed by atoms with Crippen molar-refractivity contribution in [2.75, 3.05) is 0 Å². The van der Waals surface area contributed by atoms with E-state index in [4.69, 9.17) is 4.74 Å². The van der Waals surface area contributed by atoms with Gasteiger partial charge in [-0.3, -0.25) is 4.79 Å². The Morgan fingerprint density at radius 1 is 1.40 bits per heavy atom. The van der Waals surface area contributed by atoms with Gasteiger partial charge >= 0.3 is 0 Å². The van der Waals surface area contributed by atoms with Gasteiger partial charge in [0.1, 0.15) is 5.75 Å². The highest BCUT2D eigenvalue weighted by Gasteiger charge is 2.15. The van der Waals surface area contributed by atoms with Gasteiger partial charge in [0.05, 0.1) is 8.95 Å². The molecule has 0 saturated heterocycles. The maximum Gasteiger partial charge on any atom is 0.172 e. The fourth-order valence-electron chi connectivity index (χ4n) is 1.13. The summed E-state index contributed by atoms with van der Waals surface area (Å²) in [4.78, 5) is 11.4. The Balaban J connectivity index is 2.85. The van der Waals surface area contributed by atoms with Crippen molar-refractivity contribution in [3.63, 3.8) is 0 Å². The smallest absolute Gasteiger partial charge is 0.172 e. The first kappa shape index (κ1) is 12.7. The second kappa shape index (κ2) is 5.66. The van der Waals surface area contributed by atoms with Gasteiger partial charge in [0.2, 0.25) is 0 Å². The van der Waals surface area contributed by atoms with E-state index in [-0.39, 0.29) is 5.78 Å². The Kier molecular flexibility index (Phi) is 4.80. The maximum atomic E-state index is 11.4. The van der Waals surface area contributed by atoms with Gasteiger partial charge in [-0.1, -0.05) is 13.0 Å². The Labute approximate surface area is 106 Å². The molecule has 15 heavy (non-hydrogen) atoms. The molecule has 0 fully saturated rings. The number of carbonyl (C=O) groups is 1. The molecule has 0 N–H and O–H groups in total. The van der Waals surface area contributed by atoms with Crippen LogP contribution in [0.4, 0.5) is 0 Å². The van der Waals surface area contributed by atoms with Crippen LogP contribution in [0, 0.1) is 0 Å². The monoisotopic (exact) mass is 334 g/mol. The van der Waals surface area contributed by atoms with E-state index in [9.17, 15) is 4.79 Å². The SMILES string of the molecule is CCC(=O)C(C)Oc1c(Br)cccc1Br. The summed E-state index contributed by atoms with van der Waals surface area (Å²) in [5, 5.41) is 0. The van der Waals surface area contributed by atoms with Crippen molar-refractivity contribution in [3.8, 4) is 5.75 Å². The number of ketones is 1. The van der Waals surface area contributed by atoms with Crippen LogP contribution >= 0.6 is 31.9 Å². The van der Waals surface area contributed by atoms with Crippen LogP contribution in [0.1, 0.15) is 20.3 Å². The third kappa shape index (κ3) is 3.31. The average molecular weight is 336 g/mol. The molecular formula is C11H12Br2O2. The summed E-state index contributed by atoms with van der Waals surface area (Å²) >= 11 is 6.76.